The Morgan fingerprint density at radius 2 is 2.15 bits per heavy atom. The molecular formula is C6H8ClF3O2S. The minimum Gasteiger partial charge on any atom is -0.465 e. The number of hydrogen-bond acceptors (Lipinski definition) is 3. The predicted octanol–water partition coefficient (Wildman–Crippen LogP) is 2.41. The number of halogens is 4. The number of hydrogen-bond donors (Lipinski definition) is 0. The highest BCUT2D eigenvalue weighted by molar-refractivity contribution is 8.01. The van der Waals surface area contributed by atoms with Crippen molar-refractivity contribution in [2.24, 2.45) is 0 Å². The Bertz CT molecular complexity index is 174. The highest BCUT2D eigenvalue weighted by Crippen LogP contribution is 2.33. The van der Waals surface area contributed by atoms with Gasteiger partial charge in [0.25, 0.3) is 0 Å². The molecule has 1 atom stereocenters. The fraction of sp³-hybridized carbons (Fsp3) is 0.833. The molecule has 78 valence electrons. The summed E-state index contributed by atoms with van der Waals surface area (Å²) >= 11 is 5.23. The molecule has 0 N–H and O–H groups in total. The zero-order chi connectivity index (χ0) is 10.5. The van der Waals surface area contributed by atoms with Crippen LogP contribution in [0.3, 0.4) is 0 Å². The number of carbonyl (C=O) groups excluding carboxylic acids is 1. The third-order valence-corrected chi connectivity index (χ3v) is 2.50. The van der Waals surface area contributed by atoms with Crippen LogP contribution in [-0.2, 0) is 9.53 Å². The van der Waals surface area contributed by atoms with Gasteiger partial charge in [-0.15, -0.1) is 23.4 Å². The molecule has 0 saturated carbocycles. The van der Waals surface area contributed by atoms with Crippen molar-refractivity contribution in [2.75, 3.05) is 12.4 Å². The minimum absolute atomic E-state index is 0.151. The summed E-state index contributed by atoms with van der Waals surface area (Å²) in [5.41, 5.74) is 0. The SMILES string of the molecule is CCOC(=O)CSC(Cl)C(F)(F)F. The molecule has 0 saturated heterocycles. The predicted molar refractivity (Wildman–Crippen MR) is 44.8 cm³/mol. The first kappa shape index (κ1) is 12.9. The Hall–Kier alpha value is -0.100. The van der Waals surface area contributed by atoms with Crippen LogP contribution >= 0.6 is 23.4 Å². The van der Waals surface area contributed by atoms with Crippen LogP contribution in [0, 0.1) is 0 Å². The van der Waals surface area contributed by atoms with E-state index in [-0.39, 0.29) is 12.4 Å². The van der Waals surface area contributed by atoms with E-state index in [0.29, 0.717) is 11.8 Å². The number of thioether (sulfide) groups is 1. The zero-order valence-corrected chi connectivity index (χ0v) is 8.30. The lowest BCUT2D eigenvalue weighted by Crippen LogP contribution is -2.22. The van der Waals surface area contributed by atoms with Crippen molar-refractivity contribution in [1.82, 2.24) is 0 Å². The summed E-state index contributed by atoms with van der Waals surface area (Å²) in [6.45, 7) is 1.73. The first-order chi connectivity index (χ1) is 5.88. The van der Waals surface area contributed by atoms with Crippen molar-refractivity contribution in [2.45, 2.75) is 17.8 Å². The van der Waals surface area contributed by atoms with Crippen LogP contribution in [-0.4, -0.2) is 29.2 Å². The third-order valence-electron chi connectivity index (χ3n) is 0.910. The van der Waals surface area contributed by atoms with E-state index >= 15 is 0 Å². The summed E-state index contributed by atoms with van der Waals surface area (Å²) in [5.74, 6) is -1.08. The van der Waals surface area contributed by atoms with Gasteiger partial charge in [-0.25, -0.2) is 0 Å². The van der Waals surface area contributed by atoms with Gasteiger partial charge in [-0.05, 0) is 6.92 Å². The van der Waals surface area contributed by atoms with Crippen LogP contribution in [0.2, 0.25) is 0 Å². The number of carbonyl (C=O) groups is 1. The molecule has 0 bridgehead atoms. The van der Waals surface area contributed by atoms with E-state index in [9.17, 15) is 18.0 Å². The molecule has 0 heterocycles. The van der Waals surface area contributed by atoms with Crippen LogP contribution in [0.5, 0.6) is 0 Å². The molecule has 0 aromatic carbocycles. The lowest BCUT2D eigenvalue weighted by molar-refractivity contribution is -0.139. The highest BCUT2D eigenvalue weighted by Gasteiger charge is 2.38. The molecule has 0 fully saturated rings. The first-order valence-corrected chi connectivity index (χ1v) is 4.84. The Morgan fingerprint density at radius 1 is 1.62 bits per heavy atom. The summed E-state index contributed by atoms with van der Waals surface area (Å²) in [4.78, 5) is 10.6. The van der Waals surface area contributed by atoms with Crippen LogP contribution < -0.4 is 0 Å². The summed E-state index contributed by atoms with van der Waals surface area (Å²) in [6.07, 6.45) is -4.49. The smallest absolute Gasteiger partial charge is 0.414 e. The third kappa shape index (κ3) is 6.04. The lowest BCUT2D eigenvalue weighted by atomic mass is 10.7. The zero-order valence-electron chi connectivity index (χ0n) is 6.73. The van der Waals surface area contributed by atoms with Gasteiger partial charge in [-0.3, -0.25) is 4.79 Å². The van der Waals surface area contributed by atoms with Gasteiger partial charge in [0.15, 0.2) is 4.71 Å². The van der Waals surface area contributed by atoms with E-state index in [2.05, 4.69) is 4.74 Å². The maximum absolute atomic E-state index is 11.8. The molecule has 0 aliphatic heterocycles. The summed E-state index contributed by atoms with van der Waals surface area (Å²) in [7, 11) is 0. The average Bonchev–Trinajstić information content (AvgIpc) is 1.99. The van der Waals surface area contributed by atoms with Gasteiger partial charge in [0.05, 0.1) is 12.4 Å². The van der Waals surface area contributed by atoms with Crippen LogP contribution in [0.4, 0.5) is 13.2 Å². The van der Waals surface area contributed by atoms with Gasteiger partial charge in [0.1, 0.15) is 0 Å². The molecule has 0 aromatic rings. The second-order valence-electron chi connectivity index (χ2n) is 1.97. The molecular weight excluding hydrogens is 229 g/mol. The van der Waals surface area contributed by atoms with Gasteiger partial charge < -0.3 is 4.74 Å². The Balaban J connectivity index is 3.70. The van der Waals surface area contributed by atoms with Gasteiger partial charge in [-0.2, -0.15) is 13.2 Å². The summed E-state index contributed by atoms with van der Waals surface area (Å²) in [6, 6.07) is 0. The van der Waals surface area contributed by atoms with Crippen molar-refractivity contribution in [3.63, 3.8) is 0 Å². The van der Waals surface area contributed by atoms with E-state index in [1.54, 1.807) is 6.92 Å². The standard InChI is InChI=1S/C6H8ClF3O2S/c1-2-12-4(11)3-13-5(7)6(8,9)10/h5H,2-3H2,1H3. The molecule has 7 heteroatoms. The Morgan fingerprint density at radius 3 is 2.54 bits per heavy atom. The van der Waals surface area contributed by atoms with Crippen molar-refractivity contribution >= 4 is 29.3 Å². The first-order valence-electron chi connectivity index (χ1n) is 3.36. The maximum atomic E-state index is 11.8. The van der Waals surface area contributed by atoms with Gasteiger partial charge >= 0.3 is 12.1 Å². The number of alkyl halides is 4. The van der Waals surface area contributed by atoms with E-state index in [1.165, 1.54) is 0 Å². The molecule has 13 heavy (non-hydrogen) atoms. The Kier molecular flexibility index (Phi) is 5.55. The number of esters is 1. The Labute approximate surface area is 82.8 Å². The van der Waals surface area contributed by atoms with E-state index in [1.807, 2.05) is 0 Å². The fourth-order valence-electron chi connectivity index (χ4n) is 0.438. The second-order valence-corrected chi connectivity index (χ2v) is 3.76. The normalized spacial score (nSPS) is 13.9. The quantitative estimate of drug-likeness (QED) is 0.554. The molecule has 0 spiro atoms. The van der Waals surface area contributed by atoms with Gasteiger partial charge in [0, 0.05) is 0 Å². The summed E-state index contributed by atoms with van der Waals surface area (Å²) in [5, 5.41) is 0. The monoisotopic (exact) mass is 236 g/mol. The van der Waals surface area contributed by atoms with E-state index in [0.717, 1.165) is 0 Å². The topological polar surface area (TPSA) is 26.3 Å². The largest absolute Gasteiger partial charge is 0.465 e. The van der Waals surface area contributed by atoms with E-state index < -0.39 is 16.9 Å². The average molecular weight is 237 g/mol. The van der Waals surface area contributed by atoms with Crippen molar-refractivity contribution in [3.8, 4) is 0 Å². The molecule has 0 amide bonds. The lowest BCUT2D eigenvalue weighted by Gasteiger charge is -2.11. The molecule has 0 aromatic heterocycles. The molecule has 0 radical (unpaired) electrons. The van der Waals surface area contributed by atoms with Crippen LogP contribution in [0.15, 0.2) is 0 Å². The molecule has 0 rings (SSSR count). The second kappa shape index (κ2) is 5.59. The maximum Gasteiger partial charge on any atom is 0.414 e. The summed E-state index contributed by atoms with van der Waals surface area (Å²) < 4.78 is 37.7. The molecule has 1 unspecified atom stereocenters. The number of rotatable bonds is 4. The molecule has 0 aliphatic rings. The van der Waals surface area contributed by atoms with Gasteiger partial charge in [-0.1, -0.05) is 0 Å². The molecule has 2 nitrogen and oxygen atoms in total. The van der Waals surface area contributed by atoms with Crippen molar-refractivity contribution in [1.29, 1.82) is 0 Å². The van der Waals surface area contributed by atoms with Crippen LogP contribution in [0.25, 0.3) is 0 Å². The fourth-order valence-corrected chi connectivity index (χ4v) is 1.18. The number of ether oxygens (including phenoxy) is 1. The van der Waals surface area contributed by atoms with Gasteiger partial charge in [0.2, 0.25) is 0 Å². The van der Waals surface area contributed by atoms with Crippen molar-refractivity contribution < 1.29 is 22.7 Å². The van der Waals surface area contributed by atoms with E-state index in [4.69, 9.17) is 11.6 Å². The van der Waals surface area contributed by atoms with Crippen molar-refractivity contribution in [3.05, 3.63) is 0 Å². The molecule has 0 aliphatic carbocycles. The van der Waals surface area contributed by atoms with Crippen LogP contribution in [0.1, 0.15) is 6.92 Å². The minimum atomic E-state index is -4.49. The highest BCUT2D eigenvalue weighted by atomic mass is 35.5.